The Bertz CT molecular complexity index is 939. The molecule has 1 amide bonds. The molecule has 0 spiro atoms. The van der Waals surface area contributed by atoms with E-state index in [2.05, 4.69) is 17.1 Å². The van der Waals surface area contributed by atoms with Gasteiger partial charge in [0, 0.05) is 18.7 Å². The average Bonchev–Trinajstić information content (AvgIpc) is 3.23. The van der Waals surface area contributed by atoms with Gasteiger partial charge in [-0.1, -0.05) is 42.4 Å². The maximum Gasteiger partial charge on any atom is 0.260 e. The van der Waals surface area contributed by atoms with Crippen molar-refractivity contribution in [2.45, 2.75) is 19.8 Å². The lowest BCUT2D eigenvalue weighted by Gasteiger charge is -2.30. The van der Waals surface area contributed by atoms with Crippen LogP contribution in [-0.2, 0) is 4.79 Å². The van der Waals surface area contributed by atoms with Crippen LogP contribution in [0.2, 0.25) is 0 Å². The summed E-state index contributed by atoms with van der Waals surface area (Å²) in [5, 5.41) is 4.09. The normalized spacial score (nSPS) is 16.8. The van der Waals surface area contributed by atoms with E-state index in [1.165, 1.54) is 6.42 Å². The number of nitrogens with zero attached hydrogens (tertiary/aromatic N) is 3. The zero-order valence-electron chi connectivity index (χ0n) is 15.9. The van der Waals surface area contributed by atoms with Crippen LogP contribution in [0.25, 0.3) is 22.8 Å². The standard InChI is InChI=1S/C22H23N3O3/c1-16-8-7-13-25(14-16)20(26)15-27-19-12-6-5-11-18(19)21-23-22(28-24-21)17-9-3-2-4-10-17/h2-6,9-12,16H,7-8,13-15H2,1H3/t16-/m0/s1. The maximum absolute atomic E-state index is 12.5. The minimum Gasteiger partial charge on any atom is -0.483 e. The van der Waals surface area contributed by atoms with Crippen molar-refractivity contribution in [1.29, 1.82) is 0 Å². The van der Waals surface area contributed by atoms with Crippen molar-refractivity contribution < 1.29 is 14.1 Å². The molecule has 1 atom stereocenters. The second kappa shape index (κ2) is 8.25. The molecule has 4 rings (SSSR count). The number of benzene rings is 2. The molecule has 0 N–H and O–H groups in total. The van der Waals surface area contributed by atoms with Crippen molar-refractivity contribution in [2.75, 3.05) is 19.7 Å². The molecule has 6 heteroatoms. The van der Waals surface area contributed by atoms with Crippen LogP contribution in [0.3, 0.4) is 0 Å². The molecule has 1 fully saturated rings. The van der Waals surface area contributed by atoms with E-state index in [1.807, 2.05) is 59.5 Å². The first kappa shape index (κ1) is 18.2. The Morgan fingerprint density at radius 2 is 1.96 bits per heavy atom. The van der Waals surface area contributed by atoms with Crippen LogP contribution in [0, 0.1) is 5.92 Å². The maximum atomic E-state index is 12.5. The molecule has 2 aromatic carbocycles. The van der Waals surface area contributed by atoms with Crippen molar-refractivity contribution >= 4 is 5.91 Å². The molecule has 0 saturated carbocycles. The zero-order valence-corrected chi connectivity index (χ0v) is 15.9. The third-order valence-corrected chi connectivity index (χ3v) is 4.94. The lowest BCUT2D eigenvalue weighted by molar-refractivity contribution is -0.135. The van der Waals surface area contributed by atoms with Gasteiger partial charge in [0.1, 0.15) is 5.75 Å². The van der Waals surface area contributed by atoms with Gasteiger partial charge in [-0.2, -0.15) is 4.98 Å². The lowest BCUT2D eigenvalue weighted by atomic mass is 10.0. The highest BCUT2D eigenvalue weighted by Crippen LogP contribution is 2.29. The van der Waals surface area contributed by atoms with Crippen LogP contribution in [0.15, 0.2) is 59.1 Å². The second-order valence-corrected chi connectivity index (χ2v) is 7.16. The third-order valence-electron chi connectivity index (χ3n) is 4.94. The molecule has 6 nitrogen and oxygen atoms in total. The Kier molecular flexibility index (Phi) is 5.37. The number of ether oxygens (including phenoxy) is 1. The van der Waals surface area contributed by atoms with E-state index < -0.39 is 0 Å². The van der Waals surface area contributed by atoms with E-state index in [9.17, 15) is 4.79 Å². The van der Waals surface area contributed by atoms with Crippen LogP contribution < -0.4 is 4.74 Å². The number of likely N-dealkylation sites (tertiary alicyclic amines) is 1. The van der Waals surface area contributed by atoms with Gasteiger partial charge in [-0.25, -0.2) is 0 Å². The summed E-state index contributed by atoms with van der Waals surface area (Å²) in [7, 11) is 0. The molecule has 144 valence electrons. The van der Waals surface area contributed by atoms with Crippen LogP contribution in [0.4, 0.5) is 0 Å². The van der Waals surface area contributed by atoms with Gasteiger partial charge < -0.3 is 14.2 Å². The van der Waals surface area contributed by atoms with Gasteiger partial charge in [0.15, 0.2) is 6.61 Å². The van der Waals surface area contributed by atoms with Crippen LogP contribution in [0.5, 0.6) is 5.75 Å². The fourth-order valence-electron chi connectivity index (χ4n) is 3.45. The molecule has 1 saturated heterocycles. The topological polar surface area (TPSA) is 68.5 Å². The number of carbonyl (C=O) groups excluding carboxylic acids is 1. The number of carbonyl (C=O) groups is 1. The van der Waals surface area contributed by atoms with Crippen LogP contribution in [-0.4, -0.2) is 40.6 Å². The zero-order chi connectivity index (χ0) is 19.3. The van der Waals surface area contributed by atoms with Crippen molar-refractivity contribution in [3.63, 3.8) is 0 Å². The summed E-state index contributed by atoms with van der Waals surface area (Å²) in [5.74, 6) is 2.01. The summed E-state index contributed by atoms with van der Waals surface area (Å²) in [5.41, 5.74) is 1.56. The molecular formula is C22H23N3O3. The van der Waals surface area contributed by atoms with Crippen LogP contribution >= 0.6 is 0 Å². The Morgan fingerprint density at radius 3 is 2.79 bits per heavy atom. The molecule has 1 aliphatic heterocycles. The van der Waals surface area contributed by atoms with Crippen molar-refractivity contribution in [2.24, 2.45) is 5.92 Å². The molecule has 2 heterocycles. The fourth-order valence-corrected chi connectivity index (χ4v) is 3.45. The van der Waals surface area contributed by atoms with E-state index in [0.717, 1.165) is 25.1 Å². The summed E-state index contributed by atoms with van der Waals surface area (Å²) in [6.07, 6.45) is 2.23. The predicted octanol–water partition coefficient (Wildman–Crippen LogP) is 4.04. The summed E-state index contributed by atoms with van der Waals surface area (Å²) < 4.78 is 11.2. The highest BCUT2D eigenvalue weighted by Gasteiger charge is 2.22. The van der Waals surface area contributed by atoms with E-state index in [0.29, 0.717) is 28.9 Å². The van der Waals surface area contributed by atoms with E-state index in [-0.39, 0.29) is 12.5 Å². The SMILES string of the molecule is C[C@H]1CCCN(C(=O)COc2ccccc2-c2noc(-c3ccccc3)n2)C1. The van der Waals surface area contributed by atoms with Crippen molar-refractivity contribution in [3.05, 3.63) is 54.6 Å². The van der Waals surface area contributed by atoms with Crippen molar-refractivity contribution in [1.82, 2.24) is 15.0 Å². The Hall–Kier alpha value is -3.15. The predicted molar refractivity (Wildman–Crippen MR) is 106 cm³/mol. The Labute approximate surface area is 164 Å². The van der Waals surface area contributed by atoms with E-state index >= 15 is 0 Å². The number of hydrogen-bond donors (Lipinski definition) is 0. The van der Waals surface area contributed by atoms with E-state index in [1.54, 1.807) is 0 Å². The third kappa shape index (κ3) is 4.06. The number of para-hydroxylation sites is 1. The molecule has 1 aliphatic rings. The number of piperidine rings is 1. The molecular weight excluding hydrogens is 354 g/mol. The lowest BCUT2D eigenvalue weighted by Crippen LogP contribution is -2.41. The first-order valence-corrected chi connectivity index (χ1v) is 9.60. The smallest absolute Gasteiger partial charge is 0.260 e. The summed E-state index contributed by atoms with van der Waals surface area (Å²) >= 11 is 0. The minimum absolute atomic E-state index is 0.00707. The van der Waals surface area contributed by atoms with Gasteiger partial charge in [-0.05, 0) is 43.0 Å². The molecule has 0 unspecified atom stereocenters. The molecule has 28 heavy (non-hydrogen) atoms. The summed E-state index contributed by atoms with van der Waals surface area (Å²) in [6, 6.07) is 17.0. The fraction of sp³-hybridized carbons (Fsp3) is 0.318. The number of aromatic nitrogens is 2. The minimum atomic E-state index is 0.00707. The van der Waals surface area contributed by atoms with Gasteiger partial charge in [-0.15, -0.1) is 0 Å². The number of hydrogen-bond acceptors (Lipinski definition) is 5. The van der Waals surface area contributed by atoms with Crippen LogP contribution in [0.1, 0.15) is 19.8 Å². The highest BCUT2D eigenvalue weighted by atomic mass is 16.5. The van der Waals surface area contributed by atoms with Gasteiger partial charge in [-0.3, -0.25) is 4.79 Å². The largest absolute Gasteiger partial charge is 0.483 e. The van der Waals surface area contributed by atoms with Gasteiger partial charge >= 0.3 is 0 Å². The monoisotopic (exact) mass is 377 g/mol. The van der Waals surface area contributed by atoms with Crippen molar-refractivity contribution in [3.8, 4) is 28.6 Å². The van der Waals surface area contributed by atoms with E-state index in [4.69, 9.17) is 9.26 Å². The molecule has 0 bridgehead atoms. The summed E-state index contributed by atoms with van der Waals surface area (Å²) in [4.78, 5) is 18.9. The van der Waals surface area contributed by atoms with Gasteiger partial charge in [0.25, 0.3) is 11.8 Å². The summed E-state index contributed by atoms with van der Waals surface area (Å²) in [6.45, 7) is 3.79. The quantitative estimate of drug-likeness (QED) is 0.671. The number of rotatable bonds is 5. The first-order chi connectivity index (χ1) is 13.7. The molecule has 0 radical (unpaired) electrons. The highest BCUT2D eigenvalue weighted by molar-refractivity contribution is 5.78. The second-order valence-electron chi connectivity index (χ2n) is 7.16. The Balaban J connectivity index is 1.48. The van der Waals surface area contributed by atoms with Gasteiger partial charge in [0.2, 0.25) is 5.82 Å². The van der Waals surface area contributed by atoms with Gasteiger partial charge in [0.05, 0.1) is 5.56 Å². The average molecular weight is 377 g/mol. The molecule has 0 aliphatic carbocycles. The first-order valence-electron chi connectivity index (χ1n) is 9.60. The number of amides is 1. The Morgan fingerprint density at radius 1 is 1.18 bits per heavy atom. The molecule has 1 aromatic heterocycles. The molecule has 3 aromatic rings.